The smallest absolute Gasteiger partial charge is 0.0799 e. The van der Waals surface area contributed by atoms with Crippen LogP contribution in [0.25, 0.3) is 0 Å². The first kappa shape index (κ1) is 10.0. The molecule has 1 nitrogen and oxygen atoms in total. The maximum atomic E-state index is 2.41. The fourth-order valence-electron chi connectivity index (χ4n) is 2.59. The van der Waals surface area contributed by atoms with Crippen molar-refractivity contribution in [2.45, 2.75) is 40.0 Å². The first-order chi connectivity index (χ1) is 5.76. The molecule has 0 aliphatic carbocycles. The van der Waals surface area contributed by atoms with E-state index in [1.165, 1.54) is 38.9 Å². The van der Waals surface area contributed by atoms with Crippen LogP contribution in [-0.4, -0.2) is 19.6 Å². The summed E-state index contributed by atoms with van der Waals surface area (Å²) in [5.74, 6) is 1.97. The van der Waals surface area contributed by atoms with Crippen LogP contribution >= 0.6 is 0 Å². The van der Waals surface area contributed by atoms with Gasteiger partial charge in [0.1, 0.15) is 0 Å². The van der Waals surface area contributed by atoms with E-state index < -0.39 is 0 Å². The number of rotatable bonds is 3. The molecule has 1 fully saturated rings. The van der Waals surface area contributed by atoms with E-state index in [9.17, 15) is 0 Å². The van der Waals surface area contributed by atoms with Crippen LogP contribution in [0.3, 0.4) is 0 Å². The normalized spacial score (nSPS) is 36.8. The first-order valence-corrected chi connectivity index (χ1v) is 5.59. The summed E-state index contributed by atoms with van der Waals surface area (Å²) in [6, 6.07) is 0. The van der Waals surface area contributed by atoms with Gasteiger partial charge in [-0.15, -0.1) is 0 Å². The van der Waals surface area contributed by atoms with Crippen molar-refractivity contribution in [2.24, 2.45) is 11.8 Å². The van der Waals surface area contributed by atoms with Gasteiger partial charge in [0.15, 0.2) is 0 Å². The Morgan fingerprint density at radius 2 is 2.00 bits per heavy atom. The van der Waals surface area contributed by atoms with Gasteiger partial charge in [-0.05, 0) is 19.3 Å². The summed E-state index contributed by atoms with van der Waals surface area (Å²) in [7, 11) is 0. The lowest BCUT2D eigenvalue weighted by atomic mass is 9.89. The third-order valence-electron chi connectivity index (χ3n) is 3.13. The molecule has 1 heterocycles. The van der Waals surface area contributed by atoms with Gasteiger partial charge in [0.05, 0.1) is 19.6 Å². The third-order valence-corrected chi connectivity index (χ3v) is 3.13. The minimum Gasteiger partial charge on any atom is -0.334 e. The predicted octanol–water partition coefficient (Wildman–Crippen LogP) is 1.35. The molecule has 1 aliphatic rings. The molecule has 0 bridgehead atoms. The minimum absolute atomic E-state index is 0.963. The van der Waals surface area contributed by atoms with Crippen molar-refractivity contribution in [1.82, 2.24) is 0 Å². The summed E-state index contributed by atoms with van der Waals surface area (Å²) < 4.78 is 0. The molecule has 0 spiro atoms. The average molecular weight is 170 g/mol. The van der Waals surface area contributed by atoms with Crippen LogP contribution in [0.5, 0.6) is 0 Å². The lowest BCUT2D eigenvalue weighted by Gasteiger charge is -2.33. The van der Waals surface area contributed by atoms with Crippen molar-refractivity contribution in [2.75, 3.05) is 19.6 Å². The van der Waals surface area contributed by atoms with Crippen LogP contribution < -0.4 is 4.90 Å². The average Bonchev–Trinajstić information content (AvgIpc) is 2.04. The second-order valence-electron chi connectivity index (χ2n) is 4.52. The van der Waals surface area contributed by atoms with Crippen LogP contribution in [0.4, 0.5) is 0 Å². The van der Waals surface area contributed by atoms with Gasteiger partial charge in [-0.2, -0.15) is 0 Å². The van der Waals surface area contributed by atoms with Crippen LogP contribution in [0.15, 0.2) is 0 Å². The van der Waals surface area contributed by atoms with E-state index in [2.05, 4.69) is 20.8 Å². The Balaban J connectivity index is 2.34. The highest BCUT2D eigenvalue weighted by molar-refractivity contribution is 4.64. The van der Waals surface area contributed by atoms with E-state index in [1.807, 2.05) is 4.90 Å². The summed E-state index contributed by atoms with van der Waals surface area (Å²) in [6.07, 6.45) is 4.21. The summed E-state index contributed by atoms with van der Waals surface area (Å²) in [5.41, 5.74) is 0. The van der Waals surface area contributed by atoms with Crippen LogP contribution in [0.1, 0.15) is 40.0 Å². The molecule has 1 saturated heterocycles. The van der Waals surface area contributed by atoms with Crippen molar-refractivity contribution < 1.29 is 4.90 Å². The van der Waals surface area contributed by atoms with Crippen LogP contribution in [0.2, 0.25) is 0 Å². The second-order valence-corrected chi connectivity index (χ2v) is 4.52. The van der Waals surface area contributed by atoms with E-state index >= 15 is 0 Å². The van der Waals surface area contributed by atoms with E-state index in [4.69, 9.17) is 0 Å². The minimum atomic E-state index is 0.963. The number of hydrogen-bond donors (Lipinski definition) is 1. The Morgan fingerprint density at radius 1 is 1.25 bits per heavy atom. The number of likely N-dealkylation sites (tertiary alicyclic amines) is 1. The van der Waals surface area contributed by atoms with Gasteiger partial charge in [0, 0.05) is 11.8 Å². The second kappa shape index (κ2) is 4.86. The lowest BCUT2D eigenvalue weighted by Crippen LogP contribution is -3.14. The molecule has 12 heavy (non-hydrogen) atoms. The molecule has 3 atom stereocenters. The molecule has 0 radical (unpaired) electrons. The van der Waals surface area contributed by atoms with Gasteiger partial charge >= 0.3 is 0 Å². The fraction of sp³-hybridized carbons (Fsp3) is 1.00. The Morgan fingerprint density at radius 3 is 2.58 bits per heavy atom. The lowest BCUT2D eigenvalue weighted by molar-refractivity contribution is -0.912. The molecule has 0 amide bonds. The van der Waals surface area contributed by atoms with E-state index in [0.717, 1.165) is 11.8 Å². The zero-order valence-electron chi connectivity index (χ0n) is 8.90. The quantitative estimate of drug-likeness (QED) is 0.652. The molecule has 1 N–H and O–H groups in total. The van der Waals surface area contributed by atoms with Crippen molar-refractivity contribution in [1.29, 1.82) is 0 Å². The number of hydrogen-bond acceptors (Lipinski definition) is 0. The Labute approximate surface area is 77.1 Å². The summed E-state index contributed by atoms with van der Waals surface area (Å²) in [6.45, 7) is 11.3. The van der Waals surface area contributed by atoms with E-state index in [-0.39, 0.29) is 0 Å². The zero-order valence-corrected chi connectivity index (χ0v) is 8.90. The Kier molecular flexibility index (Phi) is 4.07. The SMILES string of the molecule is CCC[NH+]1CC(C)CC(CC)C1. The molecule has 1 rings (SSSR count). The first-order valence-electron chi connectivity index (χ1n) is 5.59. The topological polar surface area (TPSA) is 4.44 Å². The monoisotopic (exact) mass is 170 g/mol. The molecule has 0 saturated carbocycles. The van der Waals surface area contributed by atoms with Gasteiger partial charge in [-0.25, -0.2) is 0 Å². The number of nitrogens with one attached hydrogen (secondary N) is 1. The zero-order chi connectivity index (χ0) is 8.97. The molecular formula is C11H24N+. The molecule has 72 valence electrons. The molecule has 1 heteroatoms. The predicted molar refractivity (Wildman–Crippen MR) is 53.4 cm³/mol. The van der Waals surface area contributed by atoms with Crippen molar-refractivity contribution >= 4 is 0 Å². The molecule has 3 unspecified atom stereocenters. The summed E-state index contributed by atoms with van der Waals surface area (Å²) in [4.78, 5) is 1.85. The van der Waals surface area contributed by atoms with E-state index in [0.29, 0.717) is 0 Å². The highest BCUT2D eigenvalue weighted by Crippen LogP contribution is 2.15. The molecular weight excluding hydrogens is 146 g/mol. The fourth-order valence-corrected chi connectivity index (χ4v) is 2.59. The summed E-state index contributed by atoms with van der Waals surface area (Å²) >= 11 is 0. The van der Waals surface area contributed by atoms with Crippen molar-refractivity contribution in [3.63, 3.8) is 0 Å². The Bertz CT molecular complexity index is 122. The van der Waals surface area contributed by atoms with Crippen LogP contribution in [0, 0.1) is 11.8 Å². The standard InChI is InChI=1S/C11H23N/c1-4-6-12-8-10(3)7-11(5-2)9-12/h10-11H,4-9H2,1-3H3/p+1. The summed E-state index contributed by atoms with van der Waals surface area (Å²) in [5, 5.41) is 0. The highest BCUT2D eigenvalue weighted by Gasteiger charge is 2.25. The molecule has 0 aromatic carbocycles. The van der Waals surface area contributed by atoms with Gasteiger partial charge < -0.3 is 4.90 Å². The van der Waals surface area contributed by atoms with Gasteiger partial charge in [0.2, 0.25) is 0 Å². The number of quaternary nitrogens is 1. The maximum absolute atomic E-state index is 2.41. The van der Waals surface area contributed by atoms with Gasteiger partial charge in [-0.1, -0.05) is 20.8 Å². The molecule has 1 aliphatic heterocycles. The van der Waals surface area contributed by atoms with Crippen molar-refractivity contribution in [3.8, 4) is 0 Å². The largest absolute Gasteiger partial charge is 0.334 e. The van der Waals surface area contributed by atoms with Gasteiger partial charge in [-0.3, -0.25) is 0 Å². The molecule has 0 aromatic heterocycles. The van der Waals surface area contributed by atoms with Crippen molar-refractivity contribution in [3.05, 3.63) is 0 Å². The molecule has 0 aromatic rings. The third kappa shape index (κ3) is 2.78. The van der Waals surface area contributed by atoms with Gasteiger partial charge in [0.25, 0.3) is 0 Å². The maximum Gasteiger partial charge on any atom is 0.0799 e. The van der Waals surface area contributed by atoms with E-state index in [1.54, 1.807) is 0 Å². The number of piperidine rings is 1. The Hall–Kier alpha value is -0.0400. The highest BCUT2D eigenvalue weighted by atomic mass is 15.1. The van der Waals surface area contributed by atoms with Crippen LogP contribution in [-0.2, 0) is 0 Å².